The minimum absolute atomic E-state index is 0.0883. The van der Waals surface area contributed by atoms with Gasteiger partial charge in [-0.2, -0.15) is 4.98 Å². The number of fused-ring (bicyclic) bond motifs is 2. The largest absolute Gasteiger partial charge is 0.465 e. The third kappa shape index (κ3) is 4.43. The Balaban J connectivity index is 1.44. The Hall–Kier alpha value is -3.95. The van der Waals surface area contributed by atoms with Crippen molar-refractivity contribution in [3.8, 4) is 0 Å². The average molecular weight is 476 g/mol. The van der Waals surface area contributed by atoms with Gasteiger partial charge in [-0.3, -0.25) is 9.78 Å². The molecule has 5 rings (SSSR count). The third-order valence-electron chi connectivity index (χ3n) is 6.61. The summed E-state index contributed by atoms with van der Waals surface area (Å²) < 4.78 is 0. The van der Waals surface area contributed by atoms with E-state index in [0.29, 0.717) is 56.7 Å². The zero-order valence-corrected chi connectivity index (χ0v) is 19.9. The van der Waals surface area contributed by atoms with E-state index in [1.807, 2.05) is 49.2 Å². The topological polar surface area (TPSA) is 115 Å². The van der Waals surface area contributed by atoms with Crippen molar-refractivity contribution < 1.29 is 14.7 Å². The molecule has 0 unspecified atom stereocenters. The summed E-state index contributed by atoms with van der Waals surface area (Å²) in [6.07, 6.45) is 1.79. The first kappa shape index (κ1) is 22.8. The van der Waals surface area contributed by atoms with Gasteiger partial charge in [0.15, 0.2) is 0 Å². The fourth-order valence-electron chi connectivity index (χ4n) is 4.77. The molecule has 35 heavy (non-hydrogen) atoms. The molecule has 2 aliphatic heterocycles. The van der Waals surface area contributed by atoms with Crippen molar-refractivity contribution in [2.75, 3.05) is 36.4 Å². The van der Waals surface area contributed by atoms with Gasteiger partial charge in [-0.15, -0.1) is 0 Å². The first-order chi connectivity index (χ1) is 16.9. The van der Waals surface area contributed by atoms with Gasteiger partial charge in [0.2, 0.25) is 5.95 Å². The van der Waals surface area contributed by atoms with Crippen LogP contribution >= 0.6 is 0 Å². The second kappa shape index (κ2) is 9.36. The fourth-order valence-corrected chi connectivity index (χ4v) is 4.77. The molecule has 0 spiro atoms. The lowest BCUT2D eigenvalue weighted by atomic mass is 10.1. The van der Waals surface area contributed by atoms with E-state index in [0.717, 1.165) is 28.5 Å². The van der Waals surface area contributed by atoms with Crippen molar-refractivity contribution in [3.05, 3.63) is 53.5 Å². The number of rotatable bonds is 6. The highest BCUT2D eigenvalue weighted by molar-refractivity contribution is 5.98. The molecule has 2 aromatic heterocycles. The fraction of sp³-hybridized carbons (Fsp3) is 0.400. The normalized spacial score (nSPS) is 17.7. The van der Waals surface area contributed by atoms with Gasteiger partial charge >= 0.3 is 6.09 Å². The zero-order valence-electron chi connectivity index (χ0n) is 19.9. The van der Waals surface area contributed by atoms with Crippen LogP contribution in [0.25, 0.3) is 10.8 Å². The van der Waals surface area contributed by atoms with Crippen LogP contribution in [0.1, 0.15) is 42.0 Å². The molecule has 1 fully saturated rings. The number of nitrogens with zero attached hydrogens (tertiary/aromatic N) is 6. The highest BCUT2D eigenvalue weighted by atomic mass is 16.4. The number of carbonyl (C=O) groups excluding carboxylic acids is 1. The summed E-state index contributed by atoms with van der Waals surface area (Å²) in [6, 6.07) is 9.92. The highest BCUT2D eigenvalue weighted by Crippen LogP contribution is 2.30. The Kier molecular flexibility index (Phi) is 6.10. The molecule has 1 saturated heterocycles. The smallest absolute Gasteiger partial charge is 0.407 e. The third-order valence-corrected chi connectivity index (χ3v) is 6.61. The quantitative estimate of drug-likeness (QED) is 0.559. The summed E-state index contributed by atoms with van der Waals surface area (Å²) in [5.74, 6) is 0.983. The molecule has 0 radical (unpaired) electrons. The molecule has 2 N–H and O–H groups in total. The van der Waals surface area contributed by atoms with Crippen molar-refractivity contribution in [1.82, 2.24) is 24.8 Å². The maximum absolute atomic E-state index is 13.1. The second-order valence-electron chi connectivity index (χ2n) is 9.07. The maximum atomic E-state index is 13.1. The molecule has 2 aliphatic rings. The van der Waals surface area contributed by atoms with Crippen LogP contribution in [-0.2, 0) is 13.1 Å². The van der Waals surface area contributed by atoms with E-state index in [2.05, 4.69) is 21.4 Å². The number of piperazine rings is 1. The Morgan fingerprint density at radius 3 is 2.74 bits per heavy atom. The number of aromatic nitrogens is 3. The first-order valence-electron chi connectivity index (χ1n) is 12.0. The van der Waals surface area contributed by atoms with Gasteiger partial charge in [0, 0.05) is 49.4 Å². The lowest BCUT2D eigenvalue weighted by Gasteiger charge is -2.38. The minimum Gasteiger partial charge on any atom is -0.465 e. The van der Waals surface area contributed by atoms with Gasteiger partial charge < -0.3 is 25.1 Å². The first-order valence-corrected chi connectivity index (χ1v) is 12.0. The van der Waals surface area contributed by atoms with Crippen LogP contribution in [0, 0.1) is 0 Å². The molecule has 182 valence electrons. The van der Waals surface area contributed by atoms with Gasteiger partial charge in [-0.05, 0) is 24.8 Å². The molecule has 10 nitrogen and oxygen atoms in total. The summed E-state index contributed by atoms with van der Waals surface area (Å²) in [4.78, 5) is 43.8. The van der Waals surface area contributed by atoms with E-state index in [4.69, 9.17) is 4.98 Å². The molecule has 0 aliphatic carbocycles. The molecular formula is C25H29N7O3. The van der Waals surface area contributed by atoms with Crippen molar-refractivity contribution in [2.24, 2.45) is 0 Å². The Morgan fingerprint density at radius 2 is 2.00 bits per heavy atom. The number of hydrogen-bond acceptors (Lipinski definition) is 7. The van der Waals surface area contributed by atoms with Crippen molar-refractivity contribution >= 4 is 34.5 Å². The number of amides is 2. The molecular weight excluding hydrogens is 446 g/mol. The minimum atomic E-state index is -0.928. The number of pyridine rings is 1. The monoisotopic (exact) mass is 475 g/mol. The molecule has 1 aromatic carbocycles. The van der Waals surface area contributed by atoms with Crippen LogP contribution in [0.2, 0.25) is 0 Å². The van der Waals surface area contributed by atoms with Crippen molar-refractivity contribution in [3.63, 3.8) is 0 Å². The molecule has 2 amide bonds. The highest BCUT2D eigenvalue weighted by Gasteiger charge is 2.34. The number of carbonyl (C=O) groups is 2. The Morgan fingerprint density at radius 1 is 1.20 bits per heavy atom. The van der Waals surface area contributed by atoms with E-state index in [1.165, 1.54) is 4.90 Å². The molecule has 0 saturated carbocycles. The average Bonchev–Trinajstić information content (AvgIpc) is 3.17. The van der Waals surface area contributed by atoms with Gasteiger partial charge in [-0.25, -0.2) is 9.78 Å². The lowest BCUT2D eigenvalue weighted by Crippen LogP contribution is -2.54. The van der Waals surface area contributed by atoms with E-state index >= 15 is 0 Å². The van der Waals surface area contributed by atoms with Gasteiger partial charge in [-0.1, -0.05) is 31.2 Å². The molecule has 4 heterocycles. The zero-order chi connectivity index (χ0) is 24.5. The number of carboxylic acid groups (broad SMARTS) is 1. The standard InChI is InChI=1S/C25H29N7O3/c1-3-8-30-15-20-21(23(30)33)28-24(31-9-10-32(25(34)35)16(2)14-31)29-22(20)27-13-19-11-17-6-4-5-7-18(17)12-26-19/h4-7,11-12,16H,3,8-10,13-15H2,1-2H3,(H,34,35)(H,27,28,29)/t16-/m1/s1. The van der Waals surface area contributed by atoms with Gasteiger partial charge in [0.1, 0.15) is 11.5 Å². The Bertz CT molecular complexity index is 1280. The van der Waals surface area contributed by atoms with E-state index in [1.54, 1.807) is 4.90 Å². The Labute approximate surface area is 203 Å². The number of hydrogen-bond donors (Lipinski definition) is 2. The molecule has 3 aromatic rings. The van der Waals surface area contributed by atoms with Gasteiger partial charge in [0.25, 0.3) is 5.91 Å². The number of anilines is 2. The van der Waals surface area contributed by atoms with E-state index in [9.17, 15) is 14.7 Å². The van der Waals surface area contributed by atoms with Crippen LogP contribution < -0.4 is 10.2 Å². The maximum Gasteiger partial charge on any atom is 0.407 e. The lowest BCUT2D eigenvalue weighted by molar-refractivity contribution is 0.0774. The summed E-state index contributed by atoms with van der Waals surface area (Å²) in [5, 5.41) is 15.0. The number of nitrogens with one attached hydrogen (secondary N) is 1. The van der Waals surface area contributed by atoms with Gasteiger partial charge in [0.05, 0.1) is 18.8 Å². The second-order valence-corrected chi connectivity index (χ2v) is 9.07. The van der Waals surface area contributed by atoms with Crippen molar-refractivity contribution in [1.29, 1.82) is 0 Å². The molecule has 10 heteroatoms. The SMILES string of the molecule is CCCN1Cc2c(NCc3cc4ccccc4cn3)nc(N3CCN(C(=O)O)[C@H](C)C3)nc2C1=O. The van der Waals surface area contributed by atoms with Crippen LogP contribution in [0.5, 0.6) is 0 Å². The summed E-state index contributed by atoms with van der Waals surface area (Å²) in [5.41, 5.74) is 2.09. The number of benzene rings is 1. The molecule has 1 atom stereocenters. The van der Waals surface area contributed by atoms with Crippen molar-refractivity contribution in [2.45, 2.75) is 39.4 Å². The van der Waals surface area contributed by atoms with Crippen LogP contribution in [0.15, 0.2) is 36.5 Å². The van der Waals surface area contributed by atoms with Crippen LogP contribution in [0.4, 0.5) is 16.6 Å². The predicted octanol–water partition coefficient (Wildman–Crippen LogP) is 3.19. The summed E-state index contributed by atoms with van der Waals surface area (Å²) in [7, 11) is 0. The predicted molar refractivity (Wildman–Crippen MR) is 133 cm³/mol. The summed E-state index contributed by atoms with van der Waals surface area (Å²) >= 11 is 0. The van der Waals surface area contributed by atoms with Crippen LogP contribution in [0.3, 0.4) is 0 Å². The summed E-state index contributed by atoms with van der Waals surface area (Å²) in [6.45, 7) is 6.78. The molecule has 0 bridgehead atoms. The van der Waals surface area contributed by atoms with Crippen LogP contribution in [-0.4, -0.2) is 74.1 Å². The van der Waals surface area contributed by atoms with E-state index in [-0.39, 0.29) is 11.9 Å². The van der Waals surface area contributed by atoms with E-state index < -0.39 is 6.09 Å².